The fraction of sp³-hybridized carbons (Fsp3) is 0.368. The molecule has 0 atom stereocenters. The highest BCUT2D eigenvalue weighted by molar-refractivity contribution is 6.36. The summed E-state index contributed by atoms with van der Waals surface area (Å²) in [6.07, 6.45) is 4.96. The Morgan fingerprint density at radius 1 is 1.24 bits per heavy atom. The predicted molar refractivity (Wildman–Crippen MR) is 97.9 cm³/mol. The van der Waals surface area contributed by atoms with Gasteiger partial charge in [-0.3, -0.25) is 9.78 Å². The molecule has 2 aromatic rings. The molecule has 0 N–H and O–H groups in total. The second-order valence-electron chi connectivity index (χ2n) is 6.09. The fourth-order valence-corrected chi connectivity index (χ4v) is 3.24. The number of rotatable bonds is 5. The molecule has 1 aromatic carbocycles. The van der Waals surface area contributed by atoms with E-state index in [0.29, 0.717) is 34.4 Å². The molecule has 4 nitrogen and oxygen atoms in total. The Hall–Kier alpha value is -1.62. The number of Topliss-reactive ketones (excluding diaryl/α,β-unsaturated/α-hetero) is 1. The Kier molecular flexibility index (Phi) is 5.94. The first-order chi connectivity index (χ1) is 12.0. The summed E-state index contributed by atoms with van der Waals surface area (Å²) in [6, 6.07) is 5.51. The number of halogens is 2. The summed E-state index contributed by atoms with van der Waals surface area (Å²) in [5, 5.41) is 0.790. The van der Waals surface area contributed by atoms with Gasteiger partial charge in [-0.2, -0.15) is 0 Å². The van der Waals surface area contributed by atoms with Gasteiger partial charge in [-0.05, 0) is 18.6 Å². The monoisotopic (exact) mass is 379 g/mol. The Labute approximate surface area is 157 Å². The van der Waals surface area contributed by atoms with Gasteiger partial charge in [-0.1, -0.05) is 35.3 Å². The first kappa shape index (κ1) is 18.2. The zero-order chi connectivity index (χ0) is 17.8. The number of pyridine rings is 1. The lowest BCUT2D eigenvalue weighted by Crippen LogP contribution is -2.26. The van der Waals surface area contributed by atoms with Crippen LogP contribution in [0.5, 0.6) is 5.75 Å². The third-order valence-corrected chi connectivity index (χ3v) is 4.91. The van der Waals surface area contributed by atoms with Gasteiger partial charge in [-0.25, -0.2) is 0 Å². The number of carbonyl (C=O) groups excluding carboxylic acids is 1. The van der Waals surface area contributed by atoms with E-state index in [1.54, 1.807) is 12.1 Å². The molecule has 6 heteroatoms. The van der Waals surface area contributed by atoms with Gasteiger partial charge in [0.2, 0.25) is 0 Å². The minimum atomic E-state index is -0.0631. The van der Waals surface area contributed by atoms with E-state index in [9.17, 15) is 4.79 Å². The third-order valence-electron chi connectivity index (χ3n) is 4.26. The van der Waals surface area contributed by atoms with Gasteiger partial charge in [0, 0.05) is 42.8 Å². The Bertz CT molecular complexity index is 753. The molecule has 0 saturated carbocycles. The average molecular weight is 380 g/mol. The maximum absolute atomic E-state index is 12.7. The van der Waals surface area contributed by atoms with Crippen molar-refractivity contribution in [1.82, 2.24) is 4.98 Å². The smallest absolute Gasteiger partial charge is 0.167 e. The van der Waals surface area contributed by atoms with E-state index in [-0.39, 0.29) is 18.3 Å². The van der Waals surface area contributed by atoms with Crippen molar-refractivity contribution in [3.8, 4) is 5.75 Å². The number of nitrogens with zero attached hydrogens (tertiary/aromatic N) is 1. The molecule has 1 saturated heterocycles. The van der Waals surface area contributed by atoms with E-state index in [1.807, 2.05) is 13.0 Å². The fourth-order valence-electron chi connectivity index (χ4n) is 2.74. The summed E-state index contributed by atoms with van der Waals surface area (Å²) in [6.45, 7) is 3.39. The minimum Gasteiger partial charge on any atom is -0.490 e. The van der Waals surface area contributed by atoms with Gasteiger partial charge in [0.05, 0.1) is 23.3 Å². The van der Waals surface area contributed by atoms with Gasteiger partial charge in [0.15, 0.2) is 5.78 Å². The largest absolute Gasteiger partial charge is 0.490 e. The van der Waals surface area contributed by atoms with Crippen LogP contribution in [0, 0.1) is 6.92 Å². The van der Waals surface area contributed by atoms with Crippen LogP contribution in [0.25, 0.3) is 0 Å². The summed E-state index contributed by atoms with van der Waals surface area (Å²) >= 11 is 12.2. The van der Waals surface area contributed by atoms with Crippen molar-refractivity contribution in [1.29, 1.82) is 0 Å². The molecule has 1 aromatic heterocycles. The maximum atomic E-state index is 12.7. The summed E-state index contributed by atoms with van der Waals surface area (Å²) in [7, 11) is 0. The van der Waals surface area contributed by atoms with Crippen LogP contribution in [0.15, 0.2) is 30.6 Å². The van der Waals surface area contributed by atoms with Crippen LogP contribution in [0.4, 0.5) is 0 Å². The van der Waals surface area contributed by atoms with E-state index in [1.165, 1.54) is 12.4 Å². The SMILES string of the molecule is Cc1ccc(C(=O)Cc2c(Cl)cncc2Cl)cc1OC1CCOCC1. The molecule has 1 aliphatic rings. The Morgan fingerprint density at radius 2 is 1.92 bits per heavy atom. The Morgan fingerprint density at radius 3 is 2.60 bits per heavy atom. The molecule has 1 fully saturated rings. The van der Waals surface area contributed by atoms with Gasteiger partial charge in [-0.15, -0.1) is 0 Å². The number of carbonyl (C=O) groups is 1. The second kappa shape index (κ2) is 8.17. The molecule has 0 bridgehead atoms. The van der Waals surface area contributed by atoms with E-state index in [4.69, 9.17) is 32.7 Å². The summed E-state index contributed by atoms with van der Waals surface area (Å²) in [5.74, 6) is 0.677. The first-order valence-corrected chi connectivity index (χ1v) is 8.96. The topological polar surface area (TPSA) is 48.4 Å². The lowest BCUT2D eigenvalue weighted by Gasteiger charge is -2.24. The van der Waals surface area contributed by atoms with Crippen LogP contribution in [0.1, 0.15) is 34.3 Å². The number of aromatic nitrogens is 1. The molecule has 132 valence electrons. The second-order valence-corrected chi connectivity index (χ2v) is 6.91. The predicted octanol–water partition coefficient (Wildman–Crippen LogP) is 4.68. The van der Waals surface area contributed by atoms with Gasteiger partial charge in [0.25, 0.3) is 0 Å². The van der Waals surface area contributed by atoms with E-state index in [2.05, 4.69) is 4.98 Å². The molecule has 0 spiro atoms. The number of ether oxygens (including phenoxy) is 2. The molecular weight excluding hydrogens is 361 g/mol. The standard InChI is InChI=1S/C19H19Cl2NO3/c1-12-2-3-13(8-19(12)25-14-4-6-24-7-5-14)18(23)9-15-16(20)10-22-11-17(15)21/h2-3,8,10-11,14H,4-7,9H2,1H3. The molecule has 0 unspecified atom stereocenters. The molecule has 0 radical (unpaired) electrons. The highest BCUT2D eigenvalue weighted by Crippen LogP contribution is 2.27. The van der Waals surface area contributed by atoms with Crippen LogP contribution in [-0.4, -0.2) is 30.1 Å². The van der Waals surface area contributed by atoms with Crippen LogP contribution >= 0.6 is 23.2 Å². The highest BCUT2D eigenvalue weighted by atomic mass is 35.5. The van der Waals surface area contributed by atoms with Crippen molar-refractivity contribution in [2.24, 2.45) is 0 Å². The van der Waals surface area contributed by atoms with Crippen molar-refractivity contribution in [2.45, 2.75) is 32.3 Å². The van der Waals surface area contributed by atoms with Crippen LogP contribution in [0.3, 0.4) is 0 Å². The van der Waals surface area contributed by atoms with Crippen molar-refractivity contribution in [3.63, 3.8) is 0 Å². The Balaban J connectivity index is 1.77. The van der Waals surface area contributed by atoms with Crippen molar-refractivity contribution >= 4 is 29.0 Å². The van der Waals surface area contributed by atoms with Crippen molar-refractivity contribution in [2.75, 3.05) is 13.2 Å². The molecule has 3 rings (SSSR count). The number of hydrogen-bond acceptors (Lipinski definition) is 4. The van der Waals surface area contributed by atoms with Crippen LogP contribution in [-0.2, 0) is 11.2 Å². The van der Waals surface area contributed by atoms with Crippen LogP contribution < -0.4 is 4.74 Å². The lowest BCUT2D eigenvalue weighted by molar-refractivity contribution is 0.0252. The third kappa shape index (κ3) is 4.51. The minimum absolute atomic E-state index is 0.0631. The molecular formula is C19H19Cl2NO3. The zero-order valence-corrected chi connectivity index (χ0v) is 15.4. The number of ketones is 1. The summed E-state index contributed by atoms with van der Waals surface area (Å²) in [5.41, 5.74) is 2.18. The van der Waals surface area contributed by atoms with Gasteiger partial charge < -0.3 is 9.47 Å². The number of hydrogen-bond donors (Lipinski definition) is 0. The molecule has 1 aliphatic heterocycles. The molecule has 0 aliphatic carbocycles. The van der Waals surface area contributed by atoms with Crippen LogP contribution in [0.2, 0.25) is 10.0 Å². The van der Waals surface area contributed by atoms with E-state index in [0.717, 1.165) is 24.2 Å². The van der Waals surface area contributed by atoms with Gasteiger partial charge in [0.1, 0.15) is 11.9 Å². The number of benzene rings is 1. The average Bonchev–Trinajstić information content (AvgIpc) is 2.61. The maximum Gasteiger partial charge on any atom is 0.167 e. The van der Waals surface area contributed by atoms with E-state index >= 15 is 0 Å². The first-order valence-electron chi connectivity index (χ1n) is 8.20. The molecule has 2 heterocycles. The normalized spacial score (nSPS) is 15.2. The lowest BCUT2D eigenvalue weighted by atomic mass is 10.0. The van der Waals surface area contributed by atoms with Gasteiger partial charge >= 0.3 is 0 Å². The quantitative estimate of drug-likeness (QED) is 0.707. The highest BCUT2D eigenvalue weighted by Gasteiger charge is 2.18. The number of aryl methyl sites for hydroxylation is 1. The van der Waals surface area contributed by atoms with E-state index < -0.39 is 0 Å². The molecule has 25 heavy (non-hydrogen) atoms. The van der Waals surface area contributed by atoms with Crippen molar-refractivity contribution in [3.05, 3.63) is 57.3 Å². The van der Waals surface area contributed by atoms with Crippen molar-refractivity contribution < 1.29 is 14.3 Å². The molecule has 0 amide bonds. The zero-order valence-electron chi connectivity index (χ0n) is 13.9. The summed E-state index contributed by atoms with van der Waals surface area (Å²) in [4.78, 5) is 16.6. The summed E-state index contributed by atoms with van der Waals surface area (Å²) < 4.78 is 11.4.